The summed E-state index contributed by atoms with van der Waals surface area (Å²) in [6.45, 7) is 4.55. The van der Waals surface area contributed by atoms with Gasteiger partial charge in [0.25, 0.3) is 0 Å². The highest BCUT2D eigenvalue weighted by molar-refractivity contribution is 7.79. The van der Waals surface area contributed by atoms with Gasteiger partial charge < -0.3 is 15.4 Å². The Balaban J connectivity index is 1.79. The molecule has 0 bridgehead atoms. The van der Waals surface area contributed by atoms with Gasteiger partial charge in [-0.15, -0.1) is 0 Å². The fourth-order valence-corrected chi connectivity index (χ4v) is 4.26. The number of morpholine rings is 1. The first kappa shape index (κ1) is 16.7. The molecular weight excluding hydrogens is 332 g/mol. The van der Waals surface area contributed by atoms with Crippen molar-refractivity contribution in [1.29, 1.82) is 0 Å². The van der Waals surface area contributed by atoms with Crippen LogP contribution in [-0.4, -0.2) is 42.0 Å². The third-order valence-electron chi connectivity index (χ3n) is 5.17. The van der Waals surface area contributed by atoms with Crippen LogP contribution in [0.4, 0.5) is 11.5 Å². The molecule has 1 aliphatic carbocycles. The number of benzene rings is 1. The van der Waals surface area contributed by atoms with Gasteiger partial charge in [-0.3, -0.25) is 0 Å². The third-order valence-corrected chi connectivity index (χ3v) is 6.70. The molecule has 1 saturated carbocycles. The monoisotopic (exact) mass is 357 g/mol. The van der Waals surface area contributed by atoms with E-state index in [0.29, 0.717) is 6.04 Å². The fourth-order valence-electron chi connectivity index (χ4n) is 3.36. The molecule has 2 heterocycles. The minimum Gasteiger partial charge on any atom is -0.399 e. The molecule has 0 radical (unpaired) electrons. The SMILES string of the molecule is C[SH+]C1(c2cc(N3CCOC[C@@H]3C)nc(-c3ccc(N)cc3)n2)CC1. The molecule has 2 aliphatic rings. The van der Waals surface area contributed by atoms with E-state index in [1.165, 1.54) is 30.3 Å². The van der Waals surface area contributed by atoms with E-state index in [2.05, 4.69) is 24.1 Å². The predicted molar refractivity (Wildman–Crippen MR) is 105 cm³/mol. The van der Waals surface area contributed by atoms with Crippen molar-refractivity contribution in [2.24, 2.45) is 0 Å². The molecule has 4 rings (SSSR count). The lowest BCUT2D eigenvalue weighted by Gasteiger charge is -2.34. The maximum atomic E-state index is 5.84. The molecular formula is C19H25N4OS+. The van der Waals surface area contributed by atoms with E-state index in [-0.39, 0.29) is 4.75 Å². The normalized spacial score (nSPS) is 22.0. The average Bonchev–Trinajstić information content (AvgIpc) is 3.44. The number of ether oxygens (including phenoxy) is 1. The maximum Gasteiger partial charge on any atom is 0.167 e. The van der Waals surface area contributed by atoms with Crippen molar-refractivity contribution in [2.75, 3.05) is 36.6 Å². The Morgan fingerprint density at radius 2 is 2.00 bits per heavy atom. The quantitative estimate of drug-likeness (QED) is 0.517. The maximum absolute atomic E-state index is 5.84. The van der Waals surface area contributed by atoms with Gasteiger partial charge in [0.05, 0.1) is 25.5 Å². The van der Waals surface area contributed by atoms with Crippen molar-refractivity contribution < 1.29 is 4.74 Å². The lowest BCUT2D eigenvalue weighted by Crippen LogP contribution is -2.44. The van der Waals surface area contributed by atoms with E-state index < -0.39 is 0 Å². The number of nitrogens with zero attached hydrogens (tertiary/aromatic N) is 3. The zero-order valence-corrected chi connectivity index (χ0v) is 15.7. The summed E-state index contributed by atoms with van der Waals surface area (Å²) in [5, 5.41) is 0. The lowest BCUT2D eigenvalue weighted by molar-refractivity contribution is 0.0985. The van der Waals surface area contributed by atoms with Crippen molar-refractivity contribution in [3.05, 3.63) is 36.0 Å². The molecule has 1 aromatic carbocycles. The van der Waals surface area contributed by atoms with Gasteiger partial charge in [-0.05, 0) is 43.0 Å². The summed E-state index contributed by atoms with van der Waals surface area (Å²) >= 11 is 1.39. The van der Waals surface area contributed by atoms with Gasteiger partial charge in [0.15, 0.2) is 10.6 Å². The van der Waals surface area contributed by atoms with Gasteiger partial charge in [-0.2, -0.15) is 0 Å². The zero-order valence-electron chi connectivity index (χ0n) is 14.8. The number of nitrogen functional groups attached to an aromatic ring is 1. The Bertz CT molecular complexity index is 761. The first-order valence-electron chi connectivity index (χ1n) is 8.82. The van der Waals surface area contributed by atoms with E-state index in [4.69, 9.17) is 20.4 Å². The second-order valence-electron chi connectivity index (χ2n) is 6.93. The van der Waals surface area contributed by atoms with E-state index in [9.17, 15) is 0 Å². The molecule has 132 valence electrons. The highest BCUT2D eigenvalue weighted by Crippen LogP contribution is 2.49. The van der Waals surface area contributed by atoms with Crippen LogP contribution in [0, 0.1) is 0 Å². The summed E-state index contributed by atoms with van der Waals surface area (Å²) in [6.07, 6.45) is 4.65. The standard InChI is InChI=1S/C19H24N4OS/c1-13-12-24-10-9-23(13)17-11-16(19(25-2)7-8-19)21-18(22-17)14-3-5-15(20)6-4-14/h3-6,11,13H,7-10,12,20H2,1-2H3/p+1/t13-/m0/s1. The molecule has 5 nitrogen and oxygen atoms in total. The summed E-state index contributed by atoms with van der Waals surface area (Å²) in [5.74, 6) is 1.81. The summed E-state index contributed by atoms with van der Waals surface area (Å²) < 4.78 is 5.81. The van der Waals surface area contributed by atoms with Crippen LogP contribution >= 0.6 is 0 Å². The van der Waals surface area contributed by atoms with Gasteiger partial charge in [0.2, 0.25) is 0 Å². The smallest absolute Gasteiger partial charge is 0.167 e. The minimum atomic E-state index is 0.218. The molecule has 1 atom stereocenters. The molecule has 2 N–H and O–H groups in total. The van der Waals surface area contributed by atoms with Gasteiger partial charge in [-0.1, -0.05) is 0 Å². The molecule has 1 aromatic heterocycles. The van der Waals surface area contributed by atoms with Gasteiger partial charge >= 0.3 is 0 Å². The van der Waals surface area contributed by atoms with Crippen molar-refractivity contribution in [2.45, 2.75) is 30.6 Å². The number of thiol groups is 1. The molecule has 2 aromatic rings. The van der Waals surface area contributed by atoms with Crippen LogP contribution in [-0.2, 0) is 21.2 Å². The van der Waals surface area contributed by atoms with Crippen LogP contribution in [0.5, 0.6) is 0 Å². The van der Waals surface area contributed by atoms with E-state index >= 15 is 0 Å². The summed E-state index contributed by atoms with van der Waals surface area (Å²) in [7, 11) is 0. The predicted octanol–water partition coefficient (Wildman–Crippen LogP) is 2.38. The minimum absolute atomic E-state index is 0.218. The van der Waals surface area contributed by atoms with Crippen LogP contribution < -0.4 is 10.6 Å². The summed E-state index contributed by atoms with van der Waals surface area (Å²) in [5.41, 5.74) is 8.78. The van der Waals surface area contributed by atoms with Crippen LogP contribution in [0.3, 0.4) is 0 Å². The molecule has 1 aliphatic heterocycles. The Morgan fingerprint density at radius 3 is 2.64 bits per heavy atom. The molecule has 25 heavy (non-hydrogen) atoms. The number of hydrogen-bond acceptors (Lipinski definition) is 5. The van der Waals surface area contributed by atoms with Gasteiger partial charge in [0, 0.05) is 36.7 Å². The lowest BCUT2D eigenvalue weighted by atomic mass is 10.1. The van der Waals surface area contributed by atoms with E-state index in [1.807, 2.05) is 24.3 Å². The van der Waals surface area contributed by atoms with Crippen molar-refractivity contribution in [1.82, 2.24) is 9.97 Å². The first-order chi connectivity index (χ1) is 12.1. The zero-order chi connectivity index (χ0) is 17.4. The Morgan fingerprint density at radius 1 is 1.24 bits per heavy atom. The Hall–Kier alpha value is -1.79. The highest BCUT2D eigenvalue weighted by atomic mass is 32.2. The summed E-state index contributed by atoms with van der Waals surface area (Å²) in [4.78, 5) is 12.2. The molecule has 0 unspecified atom stereocenters. The first-order valence-corrected chi connectivity index (χ1v) is 10.2. The highest BCUT2D eigenvalue weighted by Gasteiger charge is 2.53. The second kappa shape index (κ2) is 6.50. The summed E-state index contributed by atoms with van der Waals surface area (Å²) in [6, 6.07) is 10.4. The number of anilines is 2. The number of aromatic nitrogens is 2. The molecule has 0 amide bonds. The molecule has 6 heteroatoms. The number of hydrogen-bond donors (Lipinski definition) is 1. The van der Waals surface area contributed by atoms with Crippen LogP contribution in [0.1, 0.15) is 25.5 Å². The average molecular weight is 358 g/mol. The van der Waals surface area contributed by atoms with Crippen LogP contribution in [0.15, 0.2) is 30.3 Å². The van der Waals surface area contributed by atoms with E-state index in [1.54, 1.807) is 0 Å². The van der Waals surface area contributed by atoms with Crippen molar-refractivity contribution >= 4 is 23.3 Å². The number of rotatable bonds is 4. The van der Waals surface area contributed by atoms with Crippen LogP contribution in [0.2, 0.25) is 0 Å². The molecule has 2 fully saturated rings. The van der Waals surface area contributed by atoms with Crippen molar-refractivity contribution in [3.8, 4) is 11.4 Å². The number of nitrogens with two attached hydrogens (primary N) is 1. The largest absolute Gasteiger partial charge is 0.399 e. The fraction of sp³-hybridized carbons (Fsp3) is 0.474. The Kier molecular flexibility index (Phi) is 4.33. The van der Waals surface area contributed by atoms with Gasteiger partial charge in [0.1, 0.15) is 11.5 Å². The second-order valence-corrected chi connectivity index (χ2v) is 8.23. The van der Waals surface area contributed by atoms with Gasteiger partial charge in [-0.25, -0.2) is 9.97 Å². The molecule has 0 spiro atoms. The van der Waals surface area contributed by atoms with Crippen molar-refractivity contribution in [3.63, 3.8) is 0 Å². The molecule has 1 saturated heterocycles. The Labute approximate surface area is 153 Å². The van der Waals surface area contributed by atoms with E-state index in [0.717, 1.165) is 42.7 Å². The third kappa shape index (κ3) is 3.20. The van der Waals surface area contributed by atoms with Crippen LogP contribution in [0.25, 0.3) is 11.4 Å². The topological polar surface area (TPSA) is 64.3 Å².